The van der Waals surface area contributed by atoms with Gasteiger partial charge in [0.05, 0.1) is 10.5 Å². The summed E-state index contributed by atoms with van der Waals surface area (Å²) in [6.45, 7) is 0. The number of carbonyl (C=O) groups excluding carboxylic acids is 2. The number of nitrogens with zero attached hydrogens (tertiary/aromatic N) is 7. The molecule has 2 aromatic carbocycles. The molecule has 1 aliphatic rings. The van der Waals surface area contributed by atoms with Gasteiger partial charge in [-0.1, -0.05) is 24.3 Å². The second-order valence-corrected chi connectivity index (χ2v) is 6.58. The molecule has 31 heavy (non-hydrogen) atoms. The number of azo groups is 1. The minimum absolute atomic E-state index is 0.00128. The van der Waals surface area contributed by atoms with Crippen molar-refractivity contribution in [1.82, 2.24) is 9.78 Å². The Balaban J connectivity index is 1.86. The number of aromatic nitrogens is 2. The van der Waals surface area contributed by atoms with Crippen LogP contribution < -0.4 is 9.80 Å². The maximum absolute atomic E-state index is 13.0. The van der Waals surface area contributed by atoms with Gasteiger partial charge in [-0.25, -0.2) is 4.79 Å². The molecule has 0 unspecified atom stereocenters. The minimum Gasteiger partial charge on any atom is -0.507 e. The number of benzene rings is 2. The fraction of sp³-hybridized carbons (Fsp3) is 0.105. The summed E-state index contributed by atoms with van der Waals surface area (Å²) in [5.74, 6) is -0.866. The van der Waals surface area contributed by atoms with Gasteiger partial charge in [-0.3, -0.25) is 24.7 Å². The Hall–Kier alpha value is -4.61. The zero-order valence-corrected chi connectivity index (χ0v) is 16.3. The highest BCUT2D eigenvalue weighted by molar-refractivity contribution is 6.13. The number of amides is 2. The molecule has 0 aliphatic carbocycles. The predicted octanol–water partition coefficient (Wildman–Crippen LogP) is 3.61. The van der Waals surface area contributed by atoms with E-state index in [-0.39, 0.29) is 40.0 Å². The number of phenolic OH excluding ortho intramolecular Hbond substituents is 1. The third-order valence-corrected chi connectivity index (χ3v) is 4.69. The van der Waals surface area contributed by atoms with E-state index in [4.69, 9.17) is 0 Å². The topological polar surface area (TPSA) is 147 Å². The lowest BCUT2D eigenvalue weighted by Gasteiger charge is -2.26. The zero-order valence-electron chi connectivity index (χ0n) is 16.3. The quantitative estimate of drug-likeness (QED) is 0.387. The SMILES string of the molecule is CN1C(=O)N(C)c2c(N=Nc3ccccc3[N+](=O)[O-])c1nn2C(=O)c1ccccc1O. The van der Waals surface area contributed by atoms with Crippen LogP contribution in [0.1, 0.15) is 10.4 Å². The first kappa shape index (κ1) is 19.7. The van der Waals surface area contributed by atoms with Crippen molar-refractivity contribution < 1.29 is 19.6 Å². The number of anilines is 2. The summed E-state index contributed by atoms with van der Waals surface area (Å²) in [6, 6.07) is 11.2. The molecule has 12 heteroatoms. The average Bonchev–Trinajstić information content (AvgIpc) is 3.11. The monoisotopic (exact) mass is 421 g/mol. The molecule has 2 bridgehead atoms. The molecular formula is C19H15N7O5. The Morgan fingerprint density at radius 2 is 1.74 bits per heavy atom. The second kappa shape index (κ2) is 7.33. The van der Waals surface area contributed by atoms with E-state index in [1.54, 1.807) is 18.2 Å². The van der Waals surface area contributed by atoms with Crippen molar-refractivity contribution in [2.45, 2.75) is 0 Å². The van der Waals surface area contributed by atoms with Crippen molar-refractivity contribution in [3.8, 4) is 5.75 Å². The van der Waals surface area contributed by atoms with Crippen LogP contribution in [0.5, 0.6) is 5.75 Å². The molecule has 12 nitrogen and oxygen atoms in total. The largest absolute Gasteiger partial charge is 0.507 e. The van der Waals surface area contributed by atoms with Crippen molar-refractivity contribution in [3.05, 3.63) is 64.2 Å². The van der Waals surface area contributed by atoms with Crippen molar-refractivity contribution >= 4 is 40.6 Å². The molecule has 0 saturated carbocycles. The van der Waals surface area contributed by atoms with Gasteiger partial charge in [-0.2, -0.15) is 4.68 Å². The van der Waals surface area contributed by atoms with Gasteiger partial charge in [-0.15, -0.1) is 15.3 Å². The van der Waals surface area contributed by atoms with Gasteiger partial charge >= 0.3 is 6.03 Å². The van der Waals surface area contributed by atoms with E-state index in [1.807, 2.05) is 0 Å². The third kappa shape index (κ3) is 3.15. The fourth-order valence-corrected chi connectivity index (χ4v) is 3.13. The number of phenols is 1. The lowest BCUT2D eigenvalue weighted by molar-refractivity contribution is -0.384. The number of rotatable bonds is 4. The molecule has 1 N–H and O–H groups in total. The van der Waals surface area contributed by atoms with E-state index in [0.29, 0.717) is 0 Å². The third-order valence-electron chi connectivity index (χ3n) is 4.69. The number of fused-ring (bicyclic) bond motifs is 2. The Morgan fingerprint density at radius 3 is 2.45 bits per heavy atom. The standard InChI is InChI=1S/C19H15N7O5/c1-23-16-15(21-20-12-8-4-5-9-13(12)26(30)31)17(24(2)19(23)29)25(22-16)18(28)11-7-3-6-10-14(11)27/h3-10,27H,1-2H3. The van der Waals surface area contributed by atoms with E-state index in [1.165, 1.54) is 49.3 Å². The number of nitro benzene ring substituents is 1. The highest BCUT2D eigenvalue weighted by atomic mass is 16.6. The van der Waals surface area contributed by atoms with Gasteiger partial charge in [-0.05, 0) is 18.2 Å². The molecule has 156 valence electrons. The van der Waals surface area contributed by atoms with Crippen molar-refractivity contribution in [2.24, 2.45) is 10.2 Å². The first-order valence-corrected chi connectivity index (χ1v) is 8.93. The zero-order chi connectivity index (χ0) is 22.3. The maximum Gasteiger partial charge on any atom is 0.330 e. The Labute approximate surface area is 174 Å². The second-order valence-electron chi connectivity index (χ2n) is 6.58. The van der Waals surface area contributed by atoms with Crippen LogP contribution in [0.3, 0.4) is 0 Å². The molecular weight excluding hydrogens is 406 g/mol. The van der Waals surface area contributed by atoms with Gasteiger partial charge in [0.2, 0.25) is 0 Å². The van der Waals surface area contributed by atoms with Crippen molar-refractivity contribution in [3.63, 3.8) is 0 Å². The van der Waals surface area contributed by atoms with Gasteiger partial charge in [0.1, 0.15) is 5.75 Å². The number of nitro groups is 1. The molecule has 2 heterocycles. The van der Waals surface area contributed by atoms with Crippen molar-refractivity contribution in [1.29, 1.82) is 0 Å². The lowest BCUT2D eigenvalue weighted by Crippen LogP contribution is -2.41. The first-order chi connectivity index (χ1) is 14.8. The van der Waals surface area contributed by atoms with E-state index >= 15 is 0 Å². The maximum atomic E-state index is 13.0. The molecule has 0 fully saturated rings. The molecule has 1 aromatic heterocycles. The average molecular weight is 421 g/mol. The normalized spacial score (nSPS) is 13.2. The van der Waals surface area contributed by atoms with Crippen LogP contribution >= 0.6 is 0 Å². The summed E-state index contributed by atoms with van der Waals surface area (Å²) in [6.07, 6.45) is 0. The van der Waals surface area contributed by atoms with Crippen LogP contribution in [0.25, 0.3) is 0 Å². The van der Waals surface area contributed by atoms with Crippen LogP contribution in [-0.4, -0.2) is 45.8 Å². The Morgan fingerprint density at radius 1 is 1.06 bits per heavy atom. The first-order valence-electron chi connectivity index (χ1n) is 8.93. The molecule has 4 rings (SSSR count). The van der Waals surface area contributed by atoms with Crippen LogP contribution in [0.2, 0.25) is 0 Å². The van der Waals surface area contributed by atoms with E-state index in [2.05, 4.69) is 15.3 Å². The van der Waals surface area contributed by atoms with Gasteiger partial charge in [0.15, 0.2) is 23.0 Å². The van der Waals surface area contributed by atoms with E-state index < -0.39 is 16.9 Å². The van der Waals surface area contributed by atoms with Gasteiger partial charge < -0.3 is 5.11 Å². The molecule has 1 aliphatic heterocycles. The lowest BCUT2D eigenvalue weighted by atomic mass is 10.2. The summed E-state index contributed by atoms with van der Waals surface area (Å²) >= 11 is 0. The van der Waals surface area contributed by atoms with Crippen LogP contribution in [0.15, 0.2) is 58.8 Å². The molecule has 3 aromatic rings. The summed E-state index contributed by atoms with van der Waals surface area (Å²) in [5, 5.41) is 33.5. The molecule has 0 radical (unpaired) electrons. The number of urea groups is 1. The van der Waals surface area contributed by atoms with E-state index in [9.17, 15) is 24.8 Å². The highest BCUT2D eigenvalue weighted by Gasteiger charge is 2.38. The Kier molecular flexibility index (Phi) is 4.66. The fourth-order valence-electron chi connectivity index (χ4n) is 3.13. The summed E-state index contributed by atoms with van der Waals surface area (Å²) < 4.78 is 0.944. The van der Waals surface area contributed by atoms with E-state index in [0.717, 1.165) is 9.58 Å². The molecule has 0 spiro atoms. The summed E-state index contributed by atoms with van der Waals surface area (Å²) in [7, 11) is 2.88. The predicted molar refractivity (Wildman–Crippen MR) is 110 cm³/mol. The highest BCUT2D eigenvalue weighted by Crippen LogP contribution is 2.43. The molecule has 0 atom stereocenters. The summed E-state index contributed by atoms with van der Waals surface area (Å²) in [4.78, 5) is 38.5. The van der Waals surface area contributed by atoms with Crippen LogP contribution in [0, 0.1) is 10.1 Å². The smallest absolute Gasteiger partial charge is 0.330 e. The summed E-state index contributed by atoms with van der Waals surface area (Å²) in [5.41, 5.74) is -0.194. The van der Waals surface area contributed by atoms with Gasteiger partial charge in [0, 0.05) is 20.2 Å². The number of hydrogen-bond acceptors (Lipinski definition) is 8. The van der Waals surface area contributed by atoms with Gasteiger partial charge in [0.25, 0.3) is 11.6 Å². The van der Waals surface area contributed by atoms with Crippen LogP contribution in [-0.2, 0) is 0 Å². The van der Waals surface area contributed by atoms with Crippen LogP contribution in [0.4, 0.5) is 33.5 Å². The number of aromatic hydroxyl groups is 1. The van der Waals surface area contributed by atoms with Crippen molar-refractivity contribution in [2.75, 3.05) is 23.9 Å². The minimum atomic E-state index is -0.684. The Bertz CT molecular complexity index is 1270. The molecule has 2 amide bonds. The number of hydrogen-bond donors (Lipinski definition) is 1. The number of carbonyl (C=O) groups is 2. The molecule has 0 saturated heterocycles. The number of para-hydroxylation sites is 2.